The SMILES string of the molecule is COC1(C(=O)Cc2ccccn2)CCC1. The van der Waals surface area contributed by atoms with Crippen LogP contribution in [0.5, 0.6) is 0 Å². The number of ketones is 1. The van der Waals surface area contributed by atoms with Gasteiger partial charge in [0.25, 0.3) is 0 Å². The largest absolute Gasteiger partial charge is 0.370 e. The van der Waals surface area contributed by atoms with Crippen LogP contribution in [-0.2, 0) is 16.0 Å². The monoisotopic (exact) mass is 205 g/mol. The summed E-state index contributed by atoms with van der Waals surface area (Å²) in [5.41, 5.74) is 0.322. The fourth-order valence-electron chi connectivity index (χ4n) is 1.92. The minimum atomic E-state index is -0.502. The highest BCUT2D eigenvalue weighted by molar-refractivity contribution is 5.89. The summed E-state index contributed by atoms with van der Waals surface area (Å²) in [5.74, 6) is 0.162. The van der Waals surface area contributed by atoms with Crippen LogP contribution in [-0.4, -0.2) is 23.5 Å². The Kier molecular flexibility index (Phi) is 2.82. The maximum absolute atomic E-state index is 12.0. The highest BCUT2D eigenvalue weighted by Crippen LogP contribution is 2.36. The number of aromatic nitrogens is 1. The van der Waals surface area contributed by atoms with Crippen molar-refractivity contribution in [3.63, 3.8) is 0 Å². The van der Waals surface area contributed by atoms with Crippen LogP contribution < -0.4 is 0 Å². The number of rotatable bonds is 4. The molecule has 1 heterocycles. The lowest BCUT2D eigenvalue weighted by molar-refractivity contribution is -0.151. The molecule has 1 aromatic heterocycles. The molecule has 80 valence electrons. The van der Waals surface area contributed by atoms with Crippen LogP contribution in [0, 0.1) is 0 Å². The van der Waals surface area contributed by atoms with Crippen molar-refractivity contribution < 1.29 is 9.53 Å². The third-order valence-electron chi connectivity index (χ3n) is 3.13. The van der Waals surface area contributed by atoms with Gasteiger partial charge in [-0.1, -0.05) is 6.07 Å². The van der Waals surface area contributed by atoms with Crippen molar-refractivity contribution in [3.8, 4) is 0 Å². The van der Waals surface area contributed by atoms with Crippen LogP contribution >= 0.6 is 0 Å². The van der Waals surface area contributed by atoms with E-state index in [9.17, 15) is 4.79 Å². The van der Waals surface area contributed by atoms with E-state index in [1.165, 1.54) is 0 Å². The average molecular weight is 205 g/mol. The van der Waals surface area contributed by atoms with Crippen LogP contribution in [0.3, 0.4) is 0 Å². The first-order valence-corrected chi connectivity index (χ1v) is 5.25. The molecule has 0 saturated heterocycles. The van der Waals surface area contributed by atoms with E-state index in [0.29, 0.717) is 6.42 Å². The van der Waals surface area contributed by atoms with E-state index in [4.69, 9.17) is 4.74 Å². The number of hydrogen-bond donors (Lipinski definition) is 0. The first kappa shape index (κ1) is 10.3. The molecule has 0 N–H and O–H groups in total. The van der Waals surface area contributed by atoms with Gasteiger partial charge in [0.05, 0.1) is 6.42 Å². The van der Waals surface area contributed by atoms with E-state index in [1.807, 2.05) is 18.2 Å². The van der Waals surface area contributed by atoms with E-state index in [2.05, 4.69) is 4.98 Å². The highest BCUT2D eigenvalue weighted by atomic mass is 16.5. The van der Waals surface area contributed by atoms with Gasteiger partial charge in [0, 0.05) is 19.0 Å². The quantitative estimate of drug-likeness (QED) is 0.752. The third kappa shape index (κ3) is 1.92. The molecule has 3 heteroatoms. The molecule has 0 spiro atoms. The zero-order valence-corrected chi connectivity index (χ0v) is 8.90. The van der Waals surface area contributed by atoms with Crippen molar-refractivity contribution in [2.45, 2.75) is 31.3 Å². The van der Waals surface area contributed by atoms with Crippen LogP contribution in [0.25, 0.3) is 0 Å². The fraction of sp³-hybridized carbons (Fsp3) is 0.500. The number of carbonyl (C=O) groups is 1. The maximum Gasteiger partial charge on any atom is 0.170 e. The second-order valence-corrected chi connectivity index (χ2v) is 3.97. The Balaban J connectivity index is 2.04. The van der Waals surface area contributed by atoms with Gasteiger partial charge in [-0.05, 0) is 31.4 Å². The van der Waals surface area contributed by atoms with Gasteiger partial charge < -0.3 is 4.74 Å². The lowest BCUT2D eigenvalue weighted by Crippen LogP contribution is -2.47. The van der Waals surface area contributed by atoms with Gasteiger partial charge in [0.1, 0.15) is 5.60 Å². The summed E-state index contributed by atoms with van der Waals surface area (Å²) in [6, 6.07) is 5.62. The molecule has 0 aromatic carbocycles. The summed E-state index contributed by atoms with van der Waals surface area (Å²) in [4.78, 5) is 16.1. The standard InChI is InChI=1S/C12H15NO2/c1-15-12(6-4-7-12)11(14)9-10-5-2-3-8-13-10/h2-3,5,8H,4,6-7,9H2,1H3. The highest BCUT2D eigenvalue weighted by Gasteiger charge is 2.43. The summed E-state index contributed by atoms with van der Waals surface area (Å²) in [6.45, 7) is 0. The molecule has 3 nitrogen and oxygen atoms in total. The molecule has 0 unspecified atom stereocenters. The summed E-state index contributed by atoms with van der Waals surface area (Å²) in [6.07, 6.45) is 4.89. The van der Waals surface area contributed by atoms with Gasteiger partial charge >= 0.3 is 0 Å². The van der Waals surface area contributed by atoms with E-state index in [-0.39, 0.29) is 5.78 Å². The Morgan fingerprint density at radius 3 is 2.80 bits per heavy atom. The van der Waals surface area contributed by atoms with Gasteiger partial charge in [-0.25, -0.2) is 0 Å². The van der Waals surface area contributed by atoms with E-state index < -0.39 is 5.60 Å². The van der Waals surface area contributed by atoms with Crippen LogP contribution in [0.2, 0.25) is 0 Å². The van der Waals surface area contributed by atoms with E-state index in [0.717, 1.165) is 25.0 Å². The molecule has 0 amide bonds. The zero-order chi connectivity index (χ0) is 10.7. The Hall–Kier alpha value is -1.22. The first-order chi connectivity index (χ1) is 7.27. The van der Waals surface area contributed by atoms with Gasteiger partial charge in [-0.3, -0.25) is 9.78 Å². The third-order valence-corrected chi connectivity index (χ3v) is 3.13. The number of pyridine rings is 1. The second-order valence-electron chi connectivity index (χ2n) is 3.97. The van der Waals surface area contributed by atoms with Crippen LogP contribution in [0.15, 0.2) is 24.4 Å². The summed E-state index contributed by atoms with van der Waals surface area (Å²) < 4.78 is 5.33. The van der Waals surface area contributed by atoms with E-state index in [1.54, 1.807) is 13.3 Å². The van der Waals surface area contributed by atoms with Gasteiger partial charge in [0.2, 0.25) is 0 Å². The van der Waals surface area contributed by atoms with Crippen molar-refractivity contribution in [1.29, 1.82) is 0 Å². The summed E-state index contributed by atoms with van der Waals surface area (Å²) in [5, 5.41) is 0. The van der Waals surface area contributed by atoms with Gasteiger partial charge in [0.15, 0.2) is 5.78 Å². The number of nitrogens with zero attached hydrogens (tertiary/aromatic N) is 1. The Labute approximate surface area is 89.5 Å². The molecule has 1 aliphatic rings. The molecule has 1 aromatic rings. The molecule has 15 heavy (non-hydrogen) atoms. The molecule has 1 fully saturated rings. The molecular formula is C12H15NO2. The van der Waals surface area contributed by atoms with Crippen molar-refractivity contribution in [3.05, 3.63) is 30.1 Å². The Morgan fingerprint density at radius 2 is 2.33 bits per heavy atom. The van der Waals surface area contributed by atoms with Crippen LogP contribution in [0.1, 0.15) is 25.0 Å². The zero-order valence-electron chi connectivity index (χ0n) is 8.90. The topological polar surface area (TPSA) is 39.2 Å². The van der Waals surface area contributed by atoms with Crippen molar-refractivity contribution in [2.75, 3.05) is 7.11 Å². The maximum atomic E-state index is 12.0. The van der Waals surface area contributed by atoms with Crippen molar-refractivity contribution in [1.82, 2.24) is 4.98 Å². The lowest BCUT2D eigenvalue weighted by atomic mass is 9.75. The minimum Gasteiger partial charge on any atom is -0.370 e. The predicted octanol–water partition coefficient (Wildman–Crippen LogP) is 1.76. The molecule has 1 aliphatic carbocycles. The molecule has 0 bridgehead atoms. The number of Topliss-reactive ketones (excluding diaryl/α,β-unsaturated/α-hetero) is 1. The number of hydrogen-bond acceptors (Lipinski definition) is 3. The smallest absolute Gasteiger partial charge is 0.170 e. The lowest BCUT2D eigenvalue weighted by Gasteiger charge is -2.38. The summed E-state index contributed by atoms with van der Waals surface area (Å²) >= 11 is 0. The normalized spacial score (nSPS) is 18.2. The average Bonchev–Trinajstić information content (AvgIpc) is 2.18. The van der Waals surface area contributed by atoms with Crippen molar-refractivity contribution in [2.24, 2.45) is 0 Å². The molecule has 0 atom stereocenters. The Bertz CT molecular complexity index is 338. The Morgan fingerprint density at radius 1 is 1.53 bits per heavy atom. The number of carbonyl (C=O) groups excluding carboxylic acids is 1. The molecule has 0 radical (unpaired) electrons. The number of ether oxygens (including phenoxy) is 1. The van der Waals surface area contributed by atoms with Crippen LogP contribution in [0.4, 0.5) is 0 Å². The second kappa shape index (κ2) is 4.11. The summed E-state index contributed by atoms with van der Waals surface area (Å²) in [7, 11) is 1.62. The minimum absolute atomic E-state index is 0.162. The van der Waals surface area contributed by atoms with Crippen molar-refractivity contribution >= 4 is 5.78 Å². The fourth-order valence-corrected chi connectivity index (χ4v) is 1.92. The molecule has 2 rings (SSSR count). The first-order valence-electron chi connectivity index (χ1n) is 5.25. The molecular weight excluding hydrogens is 190 g/mol. The predicted molar refractivity (Wildman–Crippen MR) is 56.5 cm³/mol. The molecule has 0 aliphatic heterocycles. The van der Waals surface area contributed by atoms with E-state index >= 15 is 0 Å². The van der Waals surface area contributed by atoms with Gasteiger partial charge in [-0.15, -0.1) is 0 Å². The van der Waals surface area contributed by atoms with Gasteiger partial charge in [-0.2, -0.15) is 0 Å². The molecule has 1 saturated carbocycles. The number of methoxy groups -OCH3 is 1.